The number of phenols is 1. The van der Waals surface area contributed by atoms with Crippen LogP contribution in [0.15, 0.2) is 127 Å². The van der Waals surface area contributed by atoms with Gasteiger partial charge in [0.25, 0.3) is 0 Å². The highest BCUT2D eigenvalue weighted by atomic mass is 35.5. The Hall–Kier alpha value is -7.10. The number of hydrogen-bond acceptors (Lipinski definition) is 6. The van der Waals surface area contributed by atoms with E-state index >= 15 is 0 Å². The molecule has 6 nitrogen and oxygen atoms in total. The first-order valence-corrected chi connectivity index (χ1v) is 22.9. The zero-order valence-corrected chi connectivity index (χ0v) is 40.8. The number of carbonyl (C=O) groups excluding carboxylic acids is 3. The normalized spacial score (nSPS) is 11.4. The highest BCUT2D eigenvalue weighted by Gasteiger charge is 2.36. The van der Waals surface area contributed by atoms with Crippen molar-refractivity contribution in [2.75, 3.05) is 0 Å². The van der Waals surface area contributed by atoms with Crippen LogP contribution in [-0.2, 0) is 43.5 Å². The number of halogens is 11. The largest absolute Gasteiger partial charge is 0.507 e. The Labute approximate surface area is 424 Å². The fraction of sp³-hybridized carbons (Fsp3) is 0.196. The SMILES string of the molecule is Cc1c(CCl)cccc1-c1cccc(CCl)c1C.Cc1c(COc2ccc(C=O)cc2C(F)(F)F)cccc1-c1cccc(COc2ccc(C=O)cc2C(F)(F)F)c1C.O=Cc1ccc(O)c(C(F)(F)F)c1. The molecule has 0 saturated heterocycles. The van der Waals surface area contributed by atoms with Crippen molar-refractivity contribution in [2.45, 2.75) is 71.2 Å². The maximum Gasteiger partial charge on any atom is 0.419 e. The number of alkyl halides is 11. The molecule has 0 heterocycles. The summed E-state index contributed by atoms with van der Waals surface area (Å²) >= 11 is 11.9. The topological polar surface area (TPSA) is 89.9 Å². The lowest BCUT2D eigenvalue weighted by molar-refractivity contribution is -0.139. The van der Waals surface area contributed by atoms with Gasteiger partial charge in [0.05, 0.1) is 16.7 Å². The predicted molar refractivity (Wildman–Crippen MR) is 263 cm³/mol. The van der Waals surface area contributed by atoms with E-state index in [0.717, 1.165) is 58.7 Å². The van der Waals surface area contributed by atoms with Gasteiger partial charge in [0, 0.05) is 28.5 Å². The second kappa shape index (κ2) is 24.5. The average molecular weight is 1060 g/mol. The van der Waals surface area contributed by atoms with Crippen LogP contribution in [0.3, 0.4) is 0 Å². The molecule has 0 fully saturated rings. The molecule has 0 aliphatic heterocycles. The van der Waals surface area contributed by atoms with Gasteiger partial charge in [-0.1, -0.05) is 72.8 Å². The number of ether oxygens (including phenoxy) is 2. The first-order chi connectivity index (χ1) is 34.5. The van der Waals surface area contributed by atoms with Gasteiger partial charge < -0.3 is 14.6 Å². The van der Waals surface area contributed by atoms with Crippen LogP contribution in [0, 0.1) is 27.7 Å². The van der Waals surface area contributed by atoms with E-state index in [1.165, 1.54) is 45.5 Å². The maximum absolute atomic E-state index is 13.5. The van der Waals surface area contributed by atoms with E-state index in [2.05, 4.69) is 50.2 Å². The van der Waals surface area contributed by atoms with Crippen LogP contribution in [0.2, 0.25) is 0 Å². The molecule has 0 aromatic heterocycles. The third-order valence-corrected chi connectivity index (χ3v) is 12.3. The molecule has 7 aromatic rings. The summed E-state index contributed by atoms with van der Waals surface area (Å²) in [5, 5.41) is 8.83. The molecule has 0 radical (unpaired) electrons. The molecule has 0 spiro atoms. The van der Waals surface area contributed by atoms with Crippen molar-refractivity contribution in [3.63, 3.8) is 0 Å². The Morgan fingerprint density at radius 2 is 0.712 bits per heavy atom. The van der Waals surface area contributed by atoms with Gasteiger partial charge in [-0.25, -0.2) is 0 Å². The fourth-order valence-electron chi connectivity index (χ4n) is 7.60. The van der Waals surface area contributed by atoms with E-state index in [1.807, 2.05) is 12.1 Å². The van der Waals surface area contributed by atoms with E-state index in [9.17, 15) is 53.9 Å². The number of aromatic hydroxyl groups is 1. The van der Waals surface area contributed by atoms with Crippen molar-refractivity contribution in [2.24, 2.45) is 0 Å². The van der Waals surface area contributed by atoms with Crippen molar-refractivity contribution in [3.05, 3.63) is 205 Å². The van der Waals surface area contributed by atoms with Gasteiger partial charge in [-0.15, -0.1) is 23.2 Å². The van der Waals surface area contributed by atoms with E-state index < -0.39 is 52.5 Å². The molecule has 73 heavy (non-hydrogen) atoms. The van der Waals surface area contributed by atoms with Crippen molar-refractivity contribution in [3.8, 4) is 39.5 Å². The van der Waals surface area contributed by atoms with Crippen LogP contribution in [0.1, 0.15) is 92.3 Å². The number of benzene rings is 7. The highest BCUT2D eigenvalue weighted by Crippen LogP contribution is 2.40. The quantitative estimate of drug-likeness (QED) is 0.0703. The van der Waals surface area contributed by atoms with Gasteiger partial charge in [-0.05, 0) is 149 Å². The Morgan fingerprint density at radius 3 is 1.01 bits per heavy atom. The highest BCUT2D eigenvalue weighted by molar-refractivity contribution is 6.17. The number of carbonyl (C=O) groups is 3. The molecule has 0 aliphatic rings. The minimum Gasteiger partial charge on any atom is -0.507 e. The van der Waals surface area contributed by atoms with Gasteiger partial charge >= 0.3 is 18.5 Å². The van der Waals surface area contributed by atoms with Crippen LogP contribution in [-0.4, -0.2) is 24.0 Å². The van der Waals surface area contributed by atoms with Crippen LogP contribution in [0.25, 0.3) is 22.3 Å². The summed E-state index contributed by atoms with van der Waals surface area (Å²) in [5.41, 5.74) is 7.91. The lowest BCUT2D eigenvalue weighted by Crippen LogP contribution is -2.10. The van der Waals surface area contributed by atoms with E-state index in [0.29, 0.717) is 41.5 Å². The molecule has 7 rings (SSSR count). The van der Waals surface area contributed by atoms with Crippen LogP contribution < -0.4 is 9.47 Å². The second-order valence-electron chi connectivity index (χ2n) is 16.3. The summed E-state index contributed by atoms with van der Waals surface area (Å²) < 4.78 is 129. The monoisotopic (exact) mass is 1050 g/mol. The van der Waals surface area contributed by atoms with Gasteiger partial charge in [0.2, 0.25) is 0 Å². The summed E-state index contributed by atoms with van der Waals surface area (Å²) in [4.78, 5) is 32.1. The Morgan fingerprint density at radius 1 is 0.425 bits per heavy atom. The van der Waals surface area contributed by atoms with Crippen molar-refractivity contribution in [1.29, 1.82) is 0 Å². The zero-order valence-electron chi connectivity index (χ0n) is 39.3. The summed E-state index contributed by atoms with van der Waals surface area (Å²) in [5.74, 6) is -0.597. The summed E-state index contributed by atoms with van der Waals surface area (Å²) in [6.07, 6.45) is -13.1. The van der Waals surface area contributed by atoms with Crippen LogP contribution in [0.5, 0.6) is 17.2 Å². The fourth-order valence-corrected chi connectivity index (χ4v) is 8.18. The van der Waals surface area contributed by atoms with Gasteiger partial charge in [0.1, 0.15) is 49.3 Å². The molecule has 1 N–H and O–H groups in total. The van der Waals surface area contributed by atoms with Gasteiger partial charge in [-0.3, -0.25) is 14.4 Å². The molecular weight excluding hydrogens is 1010 g/mol. The van der Waals surface area contributed by atoms with Gasteiger partial charge in [-0.2, -0.15) is 39.5 Å². The van der Waals surface area contributed by atoms with E-state index in [-0.39, 0.29) is 36.2 Å². The lowest BCUT2D eigenvalue weighted by atomic mass is 9.92. The molecule has 0 aliphatic carbocycles. The first kappa shape index (κ1) is 56.8. The molecule has 0 saturated carbocycles. The molecule has 382 valence electrons. The van der Waals surface area contributed by atoms with Crippen molar-refractivity contribution in [1.82, 2.24) is 0 Å². The van der Waals surface area contributed by atoms with E-state index in [4.69, 9.17) is 37.8 Å². The minimum absolute atomic E-state index is 0.120. The molecule has 0 atom stereocenters. The third kappa shape index (κ3) is 14.3. The molecule has 0 amide bonds. The van der Waals surface area contributed by atoms with Gasteiger partial charge in [0.15, 0.2) is 0 Å². The number of hydrogen-bond donors (Lipinski definition) is 1. The van der Waals surface area contributed by atoms with Crippen LogP contribution in [0.4, 0.5) is 39.5 Å². The standard InChI is InChI=1S/C32H24F6O4.C16H16Cl2.C8H5F3O2/c1-19-23(17-41-29-11-9-21(15-39)13-27(29)31(33,34)35)5-3-7-25(19)26-8-4-6-24(20(26)2)18-42-30-12-10-22(16-40)14-28(30)32(36,37)38;1-11-13(9-17)5-3-7-15(11)16-8-4-6-14(10-18)12(16)2;9-8(10,11)6-3-5(4-12)1-2-7(6)13/h3-16H,17-18H2,1-2H3;3-8H,9-10H2,1-2H3;1-4,13H. The number of aldehydes is 3. The maximum atomic E-state index is 13.5. The predicted octanol–water partition coefficient (Wildman–Crippen LogP) is 16.5. The third-order valence-electron chi connectivity index (χ3n) is 11.8. The summed E-state index contributed by atoms with van der Waals surface area (Å²) in [6, 6.07) is 31.8. The summed E-state index contributed by atoms with van der Waals surface area (Å²) in [6.45, 7) is 7.48. The van der Waals surface area contributed by atoms with Crippen molar-refractivity contribution < 1.29 is 68.5 Å². The molecule has 17 heteroatoms. The number of phenolic OH excluding ortho intramolecular Hbond substituents is 1. The Kier molecular flexibility index (Phi) is 19.1. The average Bonchev–Trinajstić information content (AvgIpc) is 3.35. The van der Waals surface area contributed by atoms with Crippen molar-refractivity contribution >= 4 is 42.1 Å². The second-order valence-corrected chi connectivity index (χ2v) is 16.9. The smallest absolute Gasteiger partial charge is 0.419 e. The summed E-state index contributed by atoms with van der Waals surface area (Å²) in [7, 11) is 0. The minimum atomic E-state index is -4.72. The Balaban J connectivity index is 0.000000258. The molecular formula is C56H45Cl2F9O6. The zero-order chi connectivity index (χ0) is 53.8. The molecule has 7 aromatic carbocycles. The molecule has 0 unspecified atom stereocenters. The van der Waals surface area contributed by atoms with E-state index in [1.54, 1.807) is 38.1 Å². The first-order valence-electron chi connectivity index (χ1n) is 21.9. The molecule has 0 bridgehead atoms. The lowest BCUT2D eigenvalue weighted by Gasteiger charge is -2.19. The Bertz CT molecular complexity index is 2920. The van der Waals surface area contributed by atoms with Crippen LogP contribution >= 0.6 is 23.2 Å². The number of rotatable bonds is 13.